The number of amides is 9. The van der Waals surface area contributed by atoms with Gasteiger partial charge in [-0.15, -0.1) is 0 Å². The first-order valence-corrected chi connectivity index (χ1v) is 22.6. The third-order valence-corrected chi connectivity index (χ3v) is 11.6. The van der Waals surface area contributed by atoms with E-state index in [0.29, 0.717) is 27.6 Å². The fourth-order valence-electron chi connectivity index (χ4n) is 7.73. The smallest absolute Gasteiger partial charge is 0.268 e. The number of ether oxygens (including phenoxy) is 1. The summed E-state index contributed by atoms with van der Waals surface area (Å²) >= 11 is 1.76. The van der Waals surface area contributed by atoms with Crippen molar-refractivity contribution in [3.63, 3.8) is 0 Å². The third kappa shape index (κ3) is 14.4. The number of hydrogen-bond donors (Lipinski definition) is 11. The molecule has 23 nitrogen and oxygen atoms in total. The van der Waals surface area contributed by atoms with Crippen LogP contribution in [0.15, 0.2) is 48.7 Å². The van der Waals surface area contributed by atoms with Crippen molar-refractivity contribution >= 4 is 86.9 Å². The van der Waals surface area contributed by atoms with Gasteiger partial charge in [0, 0.05) is 85.3 Å². The average molecular weight is 1060 g/mol. The Balaban J connectivity index is 1.53. The molecule has 0 radical (unpaired) electrons. The lowest BCUT2D eigenvalue weighted by Crippen LogP contribution is -2.62. The highest BCUT2D eigenvalue weighted by Gasteiger charge is 2.46. The van der Waals surface area contributed by atoms with E-state index < -0.39 is 114 Å². The second-order valence-electron chi connectivity index (χ2n) is 16.3. The number of halogens is 2. The SMILES string of the molecule is CONC(=O)[C@@H](NC(=O)[C@@H]1[C@@H]2CCN1C(=O)[C@H](Cc1c[nH]c3ccc(F)cc13)NC(=O)[C@@H](NC(=O)[C@@H](CNI)NC(=O)[C@H](C)NC(=O)CCC(N)=O)Cc1cccc(c1)CNC(=O)CO2)[C@@H](C)O. The van der Waals surface area contributed by atoms with Gasteiger partial charge in [0.25, 0.3) is 5.91 Å². The van der Waals surface area contributed by atoms with Crippen molar-refractivity contribution in [2.24, 2.45) is 5.73 Å². The summed E-state index contributed by atoms with van der Waals surface area (Å²) in [6.45, 7) is 1.76. The second-order valence-corrected chi connectivity index (χ2v) is 17.1. The van der Waals surface area contributed by atoms with Gasteiger partial charge in [0.1, 0.15) is 48.7 Å². The Morgan fingerprint density at radius 2 is 1.75 bits per heavy atom. The van der Waals surface area contributed by atoms with Gasteiger partial charge in [-0.25, -0.2) is 9.87 Å². The maximum absolute atomic E-state index is 15.0. The van der Waals surface area contributed by atoms with Gasteiger partial charge in [-0.05, 0) is 55.2 Å². The molecule has 0 aliphatic carbocycles. The molecule has 4 bridgehead atoms. The number of nitrogens with two attached hydrogens (primary N) is 1. The van der Waals surface area contributed by atoms with Crippen LogP contribution in [0.2, 0.25) is 0 Å². The largest absolute Gasteiger partial charge is 0.391 e. The summed E-state index contributed by atoms with van der Waals surface area (Å²) in [5, 5.41) is 26.5. The van der Waals surface area contributed by atoms with E-state index in [9.17, 15) is 47.9 Å². The first-order chi connectivity index (χ1) is 32.4. The fraction of sp³-hybridized carbons (Fsp3) is 0.465. The fourth-order valence-corrected chi connectivity index (χ4v) is 8.17. The maximum atomic E-state index is 15.0. The summed E-state index contributed by atoms with van der Waals surface area (Å²) in [4.78, 5) is 130. The van der Waals surface area contributed by atoms with Crippen LogP contribution in [-0.2, 0) is 72.1 Å². The Kier molecular flexibility index (Phi) is 19.1. The molecule has 2 aromatic carbocycles. The molecule has 1 fully saturated rings. The topological polar surface area (TPSA) is 334 Å². The number of carbonyl (C=O) groups is 9. The van der Waals surface area contributed by atoms with Gasteiger partial charge in [-0.3, -0.25) is 51.5 Å². The van der Waals surface area contributed by atoms with Crippen LogP contribution in [0.1, 0.15) is 49.8 Å². The van der Waals surface area contributed by atoms with Crippen molar-refractivity contribution in [3.05, 3.63) is 71.2 Å². The van der Waals surface area contributed by atoms with E-state index in [1.165, 1.54) is 38.2 Å². The molecule has 68 heavy (non-hydrogen) atoms. The summed E-state index contributed by atoms with van der Waals surface area (Å²) < 4.78 is 23.4. The standard InChI is InChI=1S/C43H55FIN11O12/c1-21(50-34(59)10-9-33(46)58)38(61)53-31(19-49-45)40(63)51-29-14-23-5-4-6-24(13-23)17-48-35(60)20-68-32-11-12-56(37(32)42(65)54-36(22(2)57)41(64)55-67-3)43(66)30(52-39(29)62)15-25-18-47-28-8-7-26(44)16-27(25)28/h4-8,13,16,18,21-22,29-32,36-37,47,49,57H,9-12,14-15,17,19-20H2,1-3H3,(H2,46,58)(H,48,60)(H,50,59)(H,51,63)(H,52,62)(H,53,61)(H,54,65)(H,55,64)/t21-,22+,29-,30-,31+,32-,36-,37-/m0/s1. The number of aromatic nitrogens is 1. The summed E-state index contributed by atoms with van der Waals surface area (Å²) in [5.41, 5.74) is 9.18. The van der Waals surface area contributed by atoms with Crippen molar-refractivity contribution < 1.29 is 62.2 Å². The van der Waals surface area contributed by atoms with E-state index in [1.54, 1.807) is 47.1 Å². The number of primary amides is 1. The lowest BCUT2D eigenvalue weighted by Gasteiger charge is -2.32. The Morgan fingerprint density at radius 3 is 2.46 bits per heavy atom. The molecule has 12 N–H and O–H groups in total. The van der Waals surface area contributed by atoms with Crippen LogP contribution < -0.4 is 46.6 Å². The zero-order chi connectivity index (χ0) is 49.7. The Morgan fingerprint density at radius 1 is 1.00 bits per heavy atom. The van der Waals surface area contributed by atoms with Crippen molar-refractivity contribution in [3.8, 4) is 0 Å². The maximum Gasteiger partial charge on any atom is 0.268 e. The number of nitrogens with one attached hydrogen (secondary N) is 9. The van der Waals surface area contributed by atoms with E-state index in [1.807, 2.05) is 0 Å². The van der Waals surface area contributed by atoms with E-state index in [4.69, 9.17) is 10.5 Å². The van der Waals surface area contributed by atoms with Gasteiger partial charge in [-0.2, -0.15) is 0 Å². The molecule has 368 valence electrons. The minimum atomic E-state index is -1.58. The first kappa shape index (κ1) is 52.7. The zero-order valence-electron chi connectivity index (χ0n) is 37.3. The monoisotopic (exact) mass is 1060 g/mol. The number of nitrogens with zero attached hydrogens (tertiary/aromatic N) is 1. The first-order valence-electron chi connectivity index (χ1n) is 21.5. The summed E-state index contributed by atoms with van der Waals surface area (Å²) in [6.07, 6.45) is -2.04. The number of carbonyl (C=O) groups excluding carboxylic acids is 9. The molecule has 9 amide bonds. The summed E-state index contributed by atoms with van der Waals surface area (Å²) in [6, 6.07) is 2.12. The Hall–Kier alpha value is -6.29. The molecule has 3 aromatic rings. The molecule has 3 heterocycles. The van der Waals surface area contributed by atoms with Gasteiger partial charge in [0.15, 0.2) is 0 Å². The van der Waals surface area contributed by atoms with Crippen LogP contribution in [0.4, 0.5) is 4.39 Å². The Bertz CT molecular complexity index is 2370. The van der Waals surface area contributed by atoms with Crippen molar-refractivity contribution in [2.75, 3.05) is 26.8 Å². The molecule has 8 atom stereocenters. The zero-order valence-corrected chi connectivity index (χ0v) is 39.5. The second kappa shape index (κ2) is 24.6. The van der Waals surface area contributed by atoms with Gasteiger partial charge >= 0.3 is 0 Å². The molecule has 0 unspecified atom stereocenters. The van der Waals surface area contributed by atoms with Gasteiger partial charge in [0.05, 0.1) is 19.3 Å². The molecule has 2 aliphatic rings. The van der Waals surface area contributed by atoms with E-state index in [2.05, 4.69) is 50.7 Å². The number of aromatic amines is 1. The molecule has 5 rings (SSSR count). The van der Waals surface area contributed by atoms with Crippen LogP contribution in [0.25, 0.3) is 10.9 Å². The minimum Gasteiger partial charge on any atom is -0.391 e. The number of H-pyrrole nitrogens is 1. The number of rotatable bonds is 17. The number of aliphatic hydroxyl groups excluding tert-OH is 1. The molecule has 0 saturated carbocycles. The molecule has 1 saturated heterocycles. The van der Waals surface area contributed by atoms with Crippen molar-refractivity contribution in [2.45, 2.75) is 101 Å². The lowest BCUT2D eigenvalue weighted by molar-refractivity contribution is -0.147. The van der Waals surface area contributed by atoms with Crippen molar-refractivity contribution in [1.82, 2.24) is 50.8 Å². The molecule has 0 spiro atoms. The number of hydrogen-bond acceptors (Lipinski definition) is 13. The molecule has 2 aliphatic heterocycles. The minimum absolute atomic E-state index is 0.00308. The van der Waals surface area contributed by atoms with E-state index in [-0.39, 0.29) is 51.7 Å². The summed E-state index contributed by atoms with van der Waals surface area (Å²) in [5.74, 6) is -7.72. The lowest BCUT2D eigenvalue weighted by atomic mass is 10.00. The highest BCUT2D eigenvalue weighted by Crippen LogP contribution is 2.26. The number of benzene rings is 2. The van der Waals surface area contributed by atoms with Gasteiger partial charge < -0.3 is 57.4 Å². The van der Waals surface area contributed by atoms with Crippen LogP contribution in [0, 0.1) is 5.82 Å². The van der Waals surface area contributed by atoms with Crippen LogP contribution in [-0.4, -0.2) is 143 Å². The van der Waals surface area contributed by atoms with Crippen LogP contribution in [0.5, 0.6) is 0 Å². The third-order valence-electron chi connectivity index (χ3n) is 11.2. The predicted octanol–water partition coefficient (Wildman–Crippen LogP) is -2.58. The molecular weight excluding hydrogens is 1010 g/mol. The van der Waals surface area contributed by atoms with Crippen molar-refractivity contribution in [1.29, 1.82) is 0 Å². The van der Waals surface area contributed by atoms with Gasteiger partial charge in [0.2, 0.25) is 47.3 Å². The molecular formula is C43H55FIN11O12. The van der Waals surface area contributed by atoms with Crippen LogP contribution in [0.3, 0.4) is 0 Å². The number of fused-ring (bicyclic) bond motifs is 5. The Labute approximate surface area is 403 Å². The van der Waals surface area contributed by atoms with Crippen LogP contribution >= 0.6 is 22.9 Å². The molecule has 25 heteroatoms. The average Bonchev–Trinajstić information content (AvgIpc) is 3.91. The van der Waals surface area contributed by atoms with Gasteiger partial charge in [-0.1, -0.05) is 24.3 Å². The quantitative estimate of drug-likeness (QED) is 0.0377. The highest BCUT2D eigenvalue weighted by molar-refractivity contribution is 14.1. The van der Waals surface area contributed by atoms with E-state index in [0.717, 1.165) is 12.0 Å². The number of hydroxylamine groups is 1. The highest BCUT2D eigenvalue weighted by atomic mass is 127. The number of aliphatic hydroxyl groups is 1. The predicted molar refractivity (Wildman–Crippen MR) is 246 cm³/mol. The normalized spacial score (nSPS) is 20.7. The van der Waals surface area contributed by atoms with E-state index >= 15 is 4.79 Å². The summed E-state index contributed by atoms with van der Waals surface area (Å²) in [7, 11) is 1.15. The molecule has 1 aromatic heterocycles.